The van der Waals surface area contributed by atoms with E-state index in [1.165, 1.54) is 17.0 Å². The first-order valence-corrected chi connectivity index (χ1v) is 10.4. The lowest BCUT2D eigenvalue weighted by Gasteiger charge is -2.06. The van der Waals surface area contributed by atoms with E-state index in [1.54, 1.807) is 25.1 Å². The van der Waals surface area contributed by atoms with Crippen molar-refractivity contribution in [3.63, 3.8) is 0 Å². The summed E-state index contributed by atoms with van der Waals surface area (Å²) < 4.78 is 16.2. The largest absolute Gasteiger partial charge is 0.342 e. The van der Waals surface area contributed by atoms with Gasteiger partial charge in [-0.2, -0.15) is 0 Å². The second-order valence-electron chi connectivity index (χ2n) is 6.43. The van der Waals surface area contributed by atoms with Crippen LogP contribution in [0.3, 0.4) is 0 Å². The number of carbonyl (C=O) groups is 2. The van der Waals surface area contributed by atoms with Crippen molar-refractivity contribution >= 4 is 55.8 Å². The number of rotatable bonds is 4. The fraction of sp³-hybridized carbons (Fsp3) is 0.143. The van der Waals surface area contributed by atoms with E-state index in [0.29, 0.717) is 18.0 Å². The topological polar surface area (TPSA) is 42.3 Å². The van der Waals surface area contributed by atoms with E-state index in [-0.39, 0.29) is 17.0 Å². The number of nitrogens with zero attached hydrogens (tertiary/aromatic N) is 2. The number of hydrogen-bond acceptors (Lipinski definition) is 3. The van der Waals surface area contributed by atoms with Crippen LogP contribution in [0.5, 0.6) is 0 Å². The predicted octanol–water partition coefficient (Wildman–Crippen LogP) is 5.65. The molecule has 0 radical (unpaired) electrons. The van der Waals surface area contributed by atoms with Crippen LogP contribution in [0.2, 0.25) is 0 Å². The number of amides is 2. The number of imide groups is 1. The van der Waals surface area contributed by atoms with Crippen LogP contribution in [0, 0.1) is 5.82 Å². The van der Waals surface area contributed by atoms with E-state index < -0.39 is 0 Å². The molecule has 0 aliphatic carbocycles. The second kappa shape index (κ2) is 7.56. The molecule has 0 saturated carbocycles. The number of fused-ring (bicyclic) bond motifs is 1. The maximum atomic E-state index is 13.2. The van der Waals surface area contributed by atoms with Gasteiger partial charge >= 0.3 is 0 Å². The lowest BCUT2D eigenvalue weighted by molar-refractivity contribution is -0.122. The quantitative estimate of drug-likeness (QED) is 0.474. The van der Waals surface area contributed by atoms with Crippen LogP contribution in [0.4, 0.5) is 9.18 Å². The molecule has 28 heavy (non-hydrogen) atoms. The molecule has 0 unspecified atom stereocenters. The van der Waals surface area contributed by atoms with E-state index in [1.807, 2.05) is 24.4 Å². The summed E-state index contributed by atoms with van der Waals surface area (Å²) in [5, 5.41) is 0.731. The summed E-state index contributed by atoms with van der Waals surface area (Å²) in [5.74, 6) is -0.524. The Morgan fingerprint density at radius 1 is 1.14 bits per heavy atom. The Bertz CT molecular complexity index is 1120. The molecular formula is C21H16BrFN2O2S. The zero-order valence-electron chi connectivity index (χ0n) is 15.0. The van der Waals surface area contributed by atoms with E-state index in [9.17, 15) is 14.0 Å². The molecule has 4 nitrogen and oxygen atoms in total. The minimum atomic E-state index is -0.266. The van der Waals surface area contributed by atoms with Crippen LogP contribution in [0.25, 0.3) is 17.0 Å². The smallest absolute Gasteiger partial charge is 0.293 e. The highest BCUT2D eigenvalue weighted by atomic mass is 79.9. The molecule has 1 aliphatic heterocycles. The molecule has 1 fully saturated rings. The average molecular weight is 459 g/mol. The van der Waals surface area contributed by atoms with Crippen molar-refractivity contribution < 1.29 is 14.0 Å². The minimum Gasteiger partial charge on any atom is -0.342 e. The summed E-state index contributed by atoms with van der Waals surface area (Å²) in [6.45, 7) is 2.72. The molecule has 4 rings (SSSR count). The molecule has 0 atom stereocenters. The number of likely N-dealkylation sites (N-methyl/N-ethyl adjacent to an activating group) is 1. The van der Waals surface area contributed by atoms with Crippen molar-refractivity contribution in [2.45, 2.75) is 13.5 Å². The van der Waals surface area contributed by atoms with E-state index in [0.717, 1.165) is 38.3 Å². The third kappa shape index (κ3) is 3.52. The Labute approximate surface area is 174 Å². The zero-order valence-corrected chi connectivity index (χ0v) is 17.4. The fourth-order valence-electron chi connectivity index (χ4n) is 3.24. The number of thioether (sulfide) groups is 1. The van der Waals surface area contributed by atoms with Gasteiger partial charge in [0.2, 0.25) is 0 Å². The molecule has 2 heterocycles. The number of benzene rings is 2. The number of carbonyl (C=O) groups excluding carboxylic acids is 2. The zero-order chi connectivity index (χ0) is 19.8. The van der Waals surface area contributed by atoms with Crippen LogP contribution in [-0.4, -0.2) is 27.2 Å². The van der Waals surface area contributed by atoms with Gasteiger partial charge in [-0.3, -0.25) is 14.5 Å². The lowest BCUT2D eigenvalue weighted by atomic mass is 10.1. The molecule has 0 bridgehead atoms. The molecule has 3 aromatic rings. The summed E-state index contributed by atoms with van der Waals surface area (Å²) in [7, 11) is 0. The van der Waals surface area contributed by atoms with Crippen molar-refractivity contribution in [2.75, 3.05) is 6.54 Å². The van der Waals surface area contributed by atoms with Crippen molar-refractivity contribution in [3.8, 4) is 0 Å². The van der Waals surface area contributed by atoms with Gasteiger partial charge in [0.25, 0.3) is 11.1 Å². The Morgan fingerprint density at radius 2 is 1.89 bits per heavy atom. The third-order valence-corrected chi connectivity index (χ3v) is 6.02. The molecule has 2 aromatic carbocycles. The molecule has 7 heteroatoms. The van der Waals surface area contributed by atoms with Gasteiger partial charge in [0.1, 0.15) is 5.82 Å². The fourth-order valence-corrected chi connectivity index (χ4v) is 4.50. The molecule has 1 saturated heterocycles. The van der Waals surface area contributed by atoms with Gasteiger partial charge < -0.3 is 4.57 Å². The van der Waals surface area contributed by atoms with Crippen molar-refractivity contribution in [1.29, 1.82) is 0 Å². The maximum absolute atomic E-state index is 13.2. The first-order chi connectivity index (χ1) is 13.5. The van der Waals surface area contributed by atoms with Crippen LogP contribution in [-0.2, 0) is 11.3 Å². The number of aromatic nitrogens is 1. The van der Waals surface area contributed by atoms with Crippen LogP contribution in [0.1, 0.15) is 18.1 Å². The van der Waals surface area contributed by atoms with Gasteiger partial charge in [-0.25, -0.2) is 4.39 Å². The highest BCUT2D eigenvalue weighted by Gasteiger charge is 2.33. The number of halogens is 2. The summed E-state index contributed by atoms with van der Waals surface area (Å²) in [4.78, 5) is 26.1. The number of hydrogen-bond donors (Lipinski definition) is 0. The molecule has 1 aliphatic rings. The first-order valence-electron chi connectivity index (χ1n) is 8.74. The van der Waals surface area contributed by atoms with Gasteiger partial charge in [0, 0.05) is 40.2 Å². The monoisotopic (exact) mass is 458 g/mol. The molecule has 0 spiro atoms. The normalized spacial score (nSPS) is 16.0. The van der Waals surface area contributed by atoms with Gasteiger partial charge in [-0.15, -0.1) is 0 Å². The van der Waals surface area contributed by atoms with Gasteiger partial charge in [0.05, 0.1) is 4.91 Å². The van der Waals surface area contributed by atoms with Crippen molar-refractivity contribution in [1.82, 2.24) is 9.47 Å². The predicted molar refractivity (Wildman–Crippen MR) is 113 cm³/mol. The SMILES string of the molecule is CCN1C(=O)S/C(=C\c2cn(Cc3ccc(F)cc3)c3ccc(Br)cc23)C1=O. The Balaban J connectivity index is 1.78. The van der Waals surface area contributed by atoms with Crippen LogP contribution < -0.4 is 0 Å². The van der Waals surface area contributed by atoms with Crippen LogP contribution in [0.15, 0.2) is 58.0 Å². The maximum Gasteiger partial charge on any atom is 0.293 e. The molecule has 2 amide bonds. The lowest BCUT2D eigenvalue weighted by Crippen LogP contribution is -2.27. The molecular weight excluding hydrogens is 443 g/mol. The summed E-state index contributed by atoms with van der Waals surface area (Å²) in [6.07, 6.45) is 3.73. The highest BCUT2D eigenvalue weighted by molar-refractivity contribution is 9.10. The van der Waals surface area contributed by atoms with E-state index >= 15 is 0 Å². The van der Waals surface area contributed by atoms with Gasteiger partial charge in [0.15, 0.2) is 0 Å². The minimum absolute atomic E-state index is 0.241. The standard InChI is InChI=1S/C21H16BrFN2O2S/c1-2-25-20(26)19(28-21(25)27)9-14-12-24(11-13-3-6-16(23)7-4-13)18-8-5-15(22)10-17(14)18/h3-10,12H,2,11H2,1H3/b19-9-. The second-order valence-corrected chi connectivity index (χ2v) is 8.34. The van der Waals surface area contributed by atoms with Gasteiger partial charge in [-0.05, 0) is 60.7 Å². The summed E-state index contributed by atoms with van der Waals surface area (Å²) in [6, 6.07) is 12.3. The molecule has 142 valence electrons. The van der Waals surface area contributed by atoms with Crippen molar-refractivity contribution in [3.05, 3.63) is 75.0 Å². The highest BCUT2D eigenvalue weighted by Crippen LogP contribution is 2.34. The molecule has 0 N–H and O–H groups in total. The molecule has 1 aromatic heterocycles. The first kappa shape index (κ1) is 19.0. The van der Waals surface area contributed by atoms with Crippen molar-refractivity contribution in [2.24, 2.45) is 0 Å². The van der Waals surface area contributed by atoms with E-state index in [4.69, 9.17) is 0 Å². The summed E-state index contributed by atoms with van der Waals surface area (Å²) >= 11 is 4.46. The average Bonchev–Trinajstić information content (AvgIpc) is 3.13. The Hall–Kier alpha value is -2.38. The summed E-state index contributed by atoms with van der Waals surface area (Å²) in [5.41, 5.74) is 2.83. The Morgan fingerprint density at radius 3 is 2.57 bits per heavy atom. The van der Waals surface area contributed by atoms with E-state index in [2.05, 4.69) is 20.5 Å². The van der Waals surface area contributed by atoms with Crippen LogP contribution >= 0.6 is 27.7 Å². The third-order valence-electron chi connectivity index (χ3n) is 4.62. The van der Waals surface area contributed by atoms with Gasteiger partial charge in [-0.1, -0.05) is 28.1 Å². The Kier molecular flexibility index (Phi) is 5.12.